The van der Waals surface area contributed by atoms with Gasteiger partial charge in [-0.25, -0.2) is 13.1 Å². The van der Waals surface area contributed by atoms with Crippen molar-refractivity contribution in [2.75, 3.05) is 18.5 Å². The summed E-state index contributed by atoms with van der Waals surface area (Å²) < 4.78 is 32.3. The van der Waals surface area contributed by atoms with E-state index >= 15 is 0 Å². The Bertz CT molecular complexity index is 917. The first-order chi connectivity index (χ1) is 12.5. The Hall–Kier alpha value is -2.04. The van der Waals surface area contributed by atoms with E-state index in [4.69, 9.17) is 4.74 Å². The van der Waals surface area contributed by atoms with Crippen molar-refractivity contribution in [2.45, 2.75) is 39.0 Å². The number of benzene rings is 1. The van der Waals surface area contributed by atoms with Crippen LogP contribution in [0.5, 0.6) is 5.75 Å². The molecule has 148 valence electrons. The summed E-state index contributed by atoms with van der Waals surface area (Å²) in [6.45, 7) is 9.49. The summed E-state index contributed by atoms with van der Waals surface area (Å²) in [4.78, 5) is 11.9. The highest BCUT2D eigenvalue weighted by atomic mass is 32.2. The molecule has 0 atom stereocenters. The van der Waals surface area contributed by atoms with Gasteiger partial charge in [-0.05, 0) is 37.1 Å². The fraction of sp³-hybridized carbons (Fsp3) is 0.471. The van der Waals surface area contributed by atoms with Crippen LogP contribution in [0, 0.1) is 19.3 Å². The third-order valence-electron chi connectivity index (χ3n) is 3.68. The molecule has 8 nitrogen and oxygen atoms in total. The Labute approximate surface area is 163 Å². The monoisotopic (exact) mass is 412 g/mol. The van der Waals surface area contributed by atoms with Crippen LogP contribution >= 0.6 is 11.3 Å². The number of nitrogens with one attached hydrogen (secondary N) is 2. The van der Waals surface area contributed by atoms with E-state index in [9.17, 15) is 13.2 Å². The zero-order chi connectivity index (χ0) is 20.2. The molecule has 0 spiro atoms. The second-order valence-electron chi connectivity index (χ2n) is 7.07. The summed E-state index contributed by atoms with van der Waals surface area (Å²) in [6, 6.07) is 5.69. The Kier molecular flexibility index (Phi) is 6.55. The van der Waals surface area contributed by atoms with Gasteiger partial charge in [0, 0.05) is 12.0 Å². The minimum atomic E-state index is -3.82. The molecule has 1 amide bonds. The average Bonchev–Trinajstić information content (AvgIpc) is 3.03. The maximum Gasteiger partial charge on any atom is 0.269 e. The Balaban J connectivity index is 1.89. The highest BCUT2D eigenvalue weighted by molar-refractivity contribution is 7.91. The fourth-order valence-electron chi connectivity index (χ4n) is 1.86. The van der Waals surface area contributed by atoms with Gasteiger partial charge in [-0.2, -0.15) is 0 Å². The van der Waals surface area contributed by atoms with Crippen LogP contribution in [0.1, 0.15) is 31.9 Å². The van der Waals surface area contributed by atoms with Gasteiger partial charge >= 0.3 is 0 Å². The SMILES string of the molecule is Cc1ccc(OCCNS(=O)(=O)c2nnc(NC(=O)C(C)(C)C)s2)cc1C. The zero-order valence-electron chi connectivity index (χ0n) is 16.0. The van der Waals surface area contributed by atoms with Gasteiger partial charge in [0.15, 0.2) is 0 Å². The smallest absolute Gasteiger partial charge is 0.269 e. The topological polar surface area (TPSA) is 110 Å². The maximum atomic E-state index is 12.3. The number of hydrogen-bond donors (Lipinski definition) is 2. The Morgan fingerprint density at radius 2 is 1.89 bits per heavy atom. The number of aryl methyl sites for hydroxylation is 2. The van der Waals surface area contributed by atoms with Gasteiger partial charge in [0.25, 0.3) is 10.0 Å². The van der Waals surface area contributed by atoms with Crippen molar-refractivity contribution in [3.8, 4) is 5.75 Å². The van der Waals surface area contributed by atoms with E-state index in [1.165, 1.54) is 0 Å². The second kappa shape index (κ2) is 8.32. The van der Waals surface area contributed by atoms with Crippen molar-refractivity contribution in [1.82, 2.24) is 14.9 Å². The molecular formula is C17H24N4O4S2. The first-order valence-electron chi connectivity index (χ1n) is 8.34. The van der Waals surface area contributed by atoms with Gasteiger partial charge in [0.1, 0.15) is 12.4 Å². The van der Waals surface area contributed by atoms with E-state index in [1.54, 1.807) is 20.8 Å². The number of rotatable bonds is 7. The summed E-state index contributed by atoms with van der Waals surface area (Å²) >= 11 is 0.797. The Morgan fingerprint density at radius 3 is 2.52 bits per heavy atom. The number of ether oxygens (including phenoxy) is 1. The lowest BCUT2D eigenvalue weighted by Crippen LogP contribution is -2.28. The van der Waals surface area contributed by atoms with Crippen molar-refractivity contribution >= 4 is 32.4 Å². The highest BCUT2D eigenvalue weighted by Crippen LogP contribution is 2.22. The lowest BCUT2D eigenvalue weighted by atomic mass is 9.96. The molecule has 0 aliphatic rings. The highest BCUT2D eigenvalue weighted by Gasteiger charge is 2.25. The summed E-state index contributed by atoms with van der Waals surface area (Å²) in [5.74, 6) is 0.415. The van der Waals surface area contributed by atoms with Gasteiger partial charge < -0.3 is 10.1 Å². The van der Waals surface area contributed by atoms with E-state index in [0.29, 0.717) is 5.75 Å². The first kappa shape index (κ1) is 21.3. The molecule has 27 heavy (non-hydrogen) atoms. The number of amides is 1. The number of carbonyl (C=O) groups excluding carboxylic acids is 1. The molecule has 0 unspecified atom stereocenters. The lowest BCUT2D eigenvalue weighted by molar-refractivity contribution is -0.123. The van der Waals surface area contributed by atoms with Crippen LogP contribution in [0.25, 0.3) is 0 Å². The molecule has 10 heteroatoms. The number of sulfonamides is 1. The van der Waals surface area contributed by atoms with Gasteiger partial charge in [-0.15, -0.1) is 10.2 Å². The number of aromatic nitrogens is 2. The summed E-state index contributed by atoms with van der Waals surface area (Å²) in [5.41, 5.74) is 1.65. The third kappa shape index (κ3) is 5.98. The summed E-state index contributed by atoms with van der Waals surface area (Å²) in [5, 5.41) is 10.1. The first-order valence-corrected chi connectivity index (χ1v) is 10.6. The minimum absolute atomic E-state index is 0.0819. The third-order valence-corrected chi connectivity index (χ3v) is 6.35. The molecule has 2 aromatic rings. The van der Waals surface area contributed by atoms with Crippen molar-refractivity contribution in [3.63, 3.8) is 0 Å². The molecule has 1 heterocycles. The zero-order valence-corrected chi connectivity index (χ0v) is 17.6. The van der Waals surface area contributed by atoms with Crippen LogP contribution in [-0.4, -0.2) is 37.7 Å². The van der Waals surface area contributed by atoms with Crippen LogP contribution in [0.15, 0.2) is 22.5 Å². The van der Waals surface area contributed by atoms with Crippen LogP contribution in [-0.2, 0) is 14.8 Å². The van der Waals surface area contributed by atoms with Gasteiger partial charge in [0.05, 0.1) is 0 Å². The predicted molar refractivity (Wildman–Crippen MR) is 105 cm³/mol. The van der Waals surface area contributed by atoms with E-state index in [-0.39, 0.29) is 28.5 Å². The van der Waals surface area contributed by atoms with E-state index in [0.717, 1.165) is 22.5 Å². The maximum absolute atomic E-state index is 12.3. The average molecular weight is 413 g/mol. The minimum Gasteiger partial charge on any atom is -0.492 e. The number of hydrogen-bond acceptors (Lipinski definition) is 7. The molecular weight excluding hydrogens is 388 g/mol. The molecule has 1 aromatic heterocycles. The Morgan fingerprint density at radius 1 is 1.19 bits per heavy atom. The predicted octanol–water partition coefficient (Wildman–Crippen LogP) is 2.50. The van der Waals surface area contributed by atoms with Gasteiger partial charge in [-0.3, -0.25) is 4.79 Å². The van der Waals surface area contributed by atoms with E-state index in [1.807, 2.05) is 32.0 Å². The second-order valence-corrected chi connectivity index (χ2v) is 9.99. The van der Waals surface area contributed by atoms with Gasteiger partial charge in [0.2, 0.25) is 15.4 Å². The number of anilines is 1. The van der Waals surface area contributed by atoms with Crippen LogP contribution in [0.2, 0.25) is 0 Å². The van der Waals surface area contributed by atoms with Crippen molar-refractivity contribution in [2.24, 2.45) is 5.41 Å². The molecule has 0 saturated carbocycles. The molecule has 0 fully saturated rings. The van der Waals surface area contributed by atoms with Crippen molar-refractivity contribution in [1.29, 1.82) is 0 Å². The molecule has 0 bridgehead atoms. The van der Waals surface area contributed by atoms with Crippen LogP contribution in [0.3, 0.4) is 0 Å². The molecule has 0 saturated heterocycles. The largest absolute Gasteiger partial charge is 0.492 e. The summed E-state index contributed by atoms with van der Waals surface area (Å²) in [7, 11) is -3.82. The summed E-state index contributed by atoms with van der Waals surface area (Å²) in [6.07, 6.45) is 0. The normalized spacial score (nSPS) is 12.0. The standard InChI is InChI=1S/C17H24N4O4S2/c1-11-6-7-13(10-12(11)2)25-9-8-18-27(23,24)16-21-20-15(26-16)19-14(22)17(3,4)5/h6-7,10,18H,8-9H2,1-5H3,(H,19,20,22). The molecule has 0 radical (unpaired) electrons. The molecule has 1 aromatic carbocycles. The fourth-order valence-corrected chi connectivity index (χ4v) is 3.81. The number of nitrogens with zero attached hydrogens (tertiary/aromatic N) is 2. The van der Waals surface area contributed by atoms with Crippen molar-refractivity contribution in [3.05, 3.63) is 29.3 Å². The van der Waals surface area contributed by atoms with Crippen LogP contribution < -0.4 is 14.8 Å². The molecule has 0 aliphatic heterocycles. The van der Waals surface area contributed by atoms with Crippen molar-refractivity contribution < 1.29 is 17.9 Å². The molecule has 2 N–H and O–H groups in total. The number of carbonyl (C=O) groups is 1. The molecule has 0 aliphatic carbocycles. The van der Waals surface area contributed by atoms with E-state index < -0.39 is 15.4 Å². The van der Waals surface area contributed by atoms with Gasteiger partial charge in [-0.1, -0.05) is 38.2 Å². The molecule has 2 rings (SSSR count). The van der Waals surface area contributed by atoms with Crippen LogP contribution in [0.4, 0.5) is 5.13 Å². The quantitative estimate of drug-likeness (QED) is 0.534. The van der Waals surface area contributed by atoms with E-state index in [2.05, 4.69) is 20.2 Å². The lowest BCUT2D eigenvalue weighted by Gasteiger charge is -2.15.